The second kappa shape index (κ2) is 5.16. The molecule has 6 nitrogen and oxygen atoms in total. The van der Waals surface area contributed by atoms with Crippen LogP contribution < -0.4 is 0 Å². The first-order valence-electron chi connectivity index (χ1n) is 5.75. The molecule has 0 amide bonds. The number of aryl methyl sites for hydroxylation is 1. The van der Waals surface area contributed by atoms with Crippen molar-refractivity contribution in [3.63, 3.8) is 0 Å². The van der Waals surface area contributed by atoms with Gasteiger partial charge in [-0.05, 0) is 6.42 Å². The van der Waals surface area contributed by atoms with Crippen LogP contribution in [0.5, 0.6) is 0 Å². The van der Waals surface area contributed by atoms with Crippen molar-refractivity contribution in [2.24, 2.45) is 7.05 Å². The van der Waals surface area contributed by atoms with E-state index in [1.807, 2.05) is 6.92 Å². The average molecular weight is 294 g/mol. The van der Waals surface area contributed by atoms with Crippen molar-refractivity contribution >= 4 is 21.6 Å². The molecule has 0 saturated carbocycles. The van der Waals surface area contributed by atoms with Gasteiger partial charge in [-0.3, -0.25) is 0 Å². The maximum Gasteiger partial charge on any atom is 0.263 e. The van der Waals surface area contributed by atoms with Crippen molar-refractivity contribution in [1.29, 1.82) is 0 Å². The van der Waals surface area contributed by atoms with E-state index < -0.39 is 10.0 Å². The molecule has 0 aliphatic carbocycles. The number of hydrogen-bond acceptors (Lipinski definition) is 4. The molecule has 1 unspecified atom stereocenters. The molecule has 1 aromatic heterocycles. The Labute approximate surface area is 112 Å². The van der Waals surface area contributed by atoms with E-state index in [0.717, 1.165) is 6.42 Å². The summed E-state index contributed by atoms with van der Waals surface area (Å²) in [5.41, 5.74) is 0. The lowest BCUT2D eigenvalue weighted by Crippen LogP contribution is -2.45. The van der Waals surface area contributed by atoms with Gasteiger partial charge in [0.25, 0.3) is 10.0 Å². The first-order chi connectivity index (χ1) is 8.46. The van der Waals surface area contributed by atoms with E-state index in [9.17, 15) is 8.42 Å². The topological polar surface area (TPSA) is 64.4 Å². The summed E-state index contributed by atoms with van der Waals surface area (Å²) in [6.45, 7) is 3.06. The van der Waals surface area contributed by atoms with Crippen molar-refractivity contribution in [3.8, 4) is 0 Å². The van der Waals surface area contributed by atoms with Crippen LogP contribution in [0.15, 0.2) is 11.4 Å². The number of nitrogens with zero attached hydrogens (tertiary/aromatic N) is 3. The van der Waals surface area contributed by atoms with Gasteiger partial charge in [-0.25, -0.2) is 13.4 Å². The molecule has 2 rings (SSSR count). The molecular weight excluding hydrogens is 278 g/mol. The van der Waals surface area contributed by atoms with Crippen molar-refractivity contribution in [2.45, 2.75) is 24.5 Å². The lowest BCUT2D eigenvalue weighted by atomic mass is 10.2. The minimum Gasteiger partial charge on any atom is -0.375 e. The molecule has 1 saturated heterocycles. The Morgan fingerprint density at radius 2 is 2.33 bits per heavy atom. The third-order valence-electron chi connectivity index (χ3n) is 2.98. The highest BCUT2D eigenvalue weighted by atomic mass is 35.5. The fraction of sp³-hybridized carbons (Fsp3) is 0.700. The molecule has 1 aromatic rings. The predicted octanol–water partition coefficient (Wildman–Crippen LogP) is 0.873. The van der Waals surface area contributed by atoms with Gasteiger partial charge in [0.05, 0.1) is 19.0 Å². The summed E-state index contributed by atoms with van der Waals surface area (Å²) in [5.74, 6) is 0. The Balaban J connectivity index is 2.28. The standard InChI is InChI=1S/C10H16ClN3O3S/c1-3-8-6-14(4-5-17-8)18(15,16)10-9(11)13(2)7-12-10/h7-8H,3-6H2,1-2H3. The van der Waals surface area contributed by atoms with E-state index in [2.05, 4.69) is 4.98 Å². The first-order valence-corrected chi connectivity index (χ1v) is 7.57. The molecule has 0 bridgehead atoms. The summed E-state index contributed by atoms with van der Waals surface area (Å²) >= 11 is 5.95. The molecule has 1 aliphatic rings. The zero-order valence-electron chi connectivity index (χ0n) is 10.3. The van der Waals surface area contributed by atoms with Crippen molar-refractivity contribution in [1.82, 2.24) is 13.9 Å². The number of sulfonamides is 1. The molecule has 2 heterocycles. The van der Waals surface area contributed by atoms with Crippen molar-refractivity contribution in [2.75, 3.05) is 19.7 Å². The Morgan fingerprint density at radius 3 is 2.89 bits per heavy atom. The molecule has 0 radical (unpaired) electrons. The number of rotatable bonds is 3. The second-order valence-electron chi connectivity index (χ2n) is 4.22. The molecule has 1 aliphatic heterocycles. The average Bonchev–Trinajstić information content (AvgIpc) is 2.70. The summed E-state index contributed by atoms with van der Waals surface area (Å²) in [4.78, 5) is 3.87. The molecule has 18 heavy (non-hydrogen) atoms. The predicted molar refractivity (Wildman–Crippen MR) is 67.0 cm³/mol. The van der Waals surface area contributed by atoms with E-state index in [0.29, 0.717) is 19.7 Å². The van der Waals surface area contributed by atoms with Gasteiger partial charge in [-0.15, -0.1) is 0 Å². The van der Waals surface area contributed by atoms with Gasteiger partial charge in [0.2, 0.25) is 5.03 Å². The van der Waals surface area contributed by atoms with Crippen LogP contribution in [-0.2, 0) is 21.8 Å². The summed E-state index contributed by atoms with van der Waals surface area (Å²) in [6, 6.07) is 0. The van der Waals surface area contributed by atoms with Crippen molar-refractivity contribution in [3.05, 3.63) is 11.5 Å². The fourth-order valence-corrected chi connectivity index (χ4v) is 3.69. The van der Waals surface area contributed by atoms with E-state index >= 15 is 0 Å². The normalized spacial score (nSPS) is 22.3. The molecule has 1 fully saturated rings. The van der Waals surface area contributed by atoms with E-state index in [1.54, 1.807) is 7.05 Å². The molecule has 1 atom stereocenters. The SMILES string of the molecule is CCC1CN(S(=O)(=O)c2ncn(C)c2Cl)CCO1. The summed E-state index contributed by atoms with van der Waals surface area (Å²) < 4.78 is 33.1. The van der Waals surface area contributed by atoms with E-state index in [4.69, 9.17) is 16.3 Å². The highest BCUT2D eigenvalue weighted by molar-refractivity contribution is 7.89. The highest BCUT2D eigenvalue weighted by Gasteiger charge is 2.33. The van der Waals surface area contributed by atoms with Crippen molar-refractivity contribution < 1.29 is 13.2 Å². The smallest absolute Gasteiger partial charge is 0.263 e. The quantitative estimate of drug-likeness (QED) is 0.830. The van der Waals surface area contributed by atoms with Gasteiger partial charge < -0.3 is 9.30 Å². The van der Waals surface area contributed by atoms with Crippen LogP contribution in [0, 0.1) is 0 Å². The second-order valence-corrected chi connectivity index (χ2v) is 6.43. The van der Waals surface area contributed by atoms with Gasteiger partial charge in [-0.1, -0.05) is 18.5 Å². The van der Waals surface area contributed by atoms with Crippen LogP contribution in [-0.4, -0.2) is 48.1 Å². The van der Waals surface area contributed by atoms with Gasteiger partial charge in [0, 0.05) is 20.1 Å². The zero-order chi connectivity index (χ0) is 13.3. The molecule has 0 spiro atoms. The Kier molecular flexibility index (Phi) is 3.96. The molecule has 102 valence electrons. The largest absolute Gasteiger partial charge is 0.375 e. The van der Waals surface area contributed by atoms with Crippen LogP contribution in [0.3, 0.4) is 0 Å². The number of halogens is 1. The highest BCUT2D eigenvalue weighted by Crippen LogP contribution is 2.24. The number of aromatic nitrogens is 2. The number of hydrogen-bond donors (Lipinski definition) is 0. The Morgan fingerprint density at radius 1 is 1.61 bits per heavy atom. The van der Waals surface area contributed by atoms with E-state index in [1.165, 1.54) is 15.2 Å². The minimum absolute atomic E-state index is 0.0592. The lowest BCUT2D eigenvalue weighted by molar-refractivity contribution is -0.00283. The maximum absolute atomic E-state index is 12.4. The molecular formula is C10H16ClN3O3S. The van der Waals surface area contributed by atoms with Gasteiger partial charge in [0.15, 0.2) is 0 Å². The van der Waals surface area contributed by atoms with Gasteiger partial charge in [-0.2, -0.15) is 4.31 Å². The molecule has 0 N–H and O–H groups in total. The first kappa shape index (κ1) is 13.8. The summed E-state index contributed by atoms with van der Waals surface area (Å²) in [7, 11) is -1.97. The van der Waals surface area contributed by atoms with Gasteiger partial charge >= 0.3 is 0 Å². The fourth-order valence-electron chi connectivity index (χ4n) is 1.85. The third kappa shape index (κ3) is 2.40. The Bertz CT molecular complexity index is 528. The maximum atomic E-state index is 12.4. The summed E-state index contributed by atoms with van der Waals surface area (Å²) in [6.07, 6.45) is 2.12. The zero-order valence-corrected chi connectivity index (χ0v) is 11.9. The number of morpholine rings is 1. The van der Waals surface area contributed by atoms with Crippen LogP contribution >= 0.6 is 11.6 Å². The van der Waals surface area contributed by atoms with Crippen LogP contribution in [0.2, 0.25) is 5.15 Å². The molecule has 0 aromatic carbocycles. The number of ether oxygens (including phenoxy) is 1. The summed E-state index contributed by atoms with van der Waals surface area (Å²) in [5, 5.41) is 0.0537. The van der Waals surface area contributed by atoms with E-state index in [-0.39, 0.29) is 16.3 Å². The Hall–Kier alpha value is -0.630. The molecule has 8 heteroatoms. The monoisotopic (exact) mass is 293 g/mol. The third-order valence-corrected chi connectivity index (χ3v) is 5.33. The van der Waals surface area contributed by atoms with Crippen LogP contribution in [0.4, 0.5) is 0 Å². The minimum atomic E-state index is -3.63. The van der Waals surface area contributed by atoms with Gasteiger partial charge in [0.1, 0.15) is 5.15 Å². The lowest BCUT2D eigenvalue weighted by Gasteiger charge is -2.31. The van der Waals surface area contributed by atoms with Crippen LogP contribution in [0.1, 0.15) is 13.3 Å². The van der Waals surface area contributed by atoms with Crippen LogP contribution in [0.25, 0.3) is 0 Å². The number of imidazole rings is 1.